The van der Waals surface area contributed by atoms with Crippen LogP contribution in [0.5, 0.6) is 0 Å². The number of nitrogens with zero attached hydrogens (tertiary/aromatic N) is 1. The average Bonchev–Trinajstić information content (AvgIpc) is 2.83. The van der Waals surface area contributed by atoms with E-state index in [0.29, 0.717) is 16.9 Å². The molecule has 1 N–H and O–H groups in total. The molecule has 0 radical (unpaired) electrons. The van der Waals surface area contributed by atoms with Crippen LogP contribution in [0.4, 0.5) is 0 Å². The number of hydrogen-bond acceptors (Lipinski definition) is 3. The third-order valence-electron chi connectivity index (χ3n) is 2.96. The van der Waals surface area contributed by atoms with Crippen molar-refractivity contribution >= 4 is 15.9 Å². The lowest BCUT2D eigenvalue weighted by molar-refractivity contribution is 0.185. The third kappa shape index (κ3) is 3.66. The van der Waals surface area contributed by atoms with E-state index in [9.17, 15) is 4.79 Å². The second-order valence-corrected chi connectivity index (χ2v) is 5.14. The molecule has 1 saturated heterocycles. The Kier molecular flexibility index (Phi) is 4.76. The maximum absolute atomic E-state index is 11.7. The van der Waals surface area contributed by atoms with Crippen molar-refractivity contribution < 1.29 is 4.74 Å². The van der Waals surface area contributed by atoms with Gasteiger partial charge >= 0.3 is 0 Å². The zero-order chi connectivity index (χ0) is 12.1. The number of nitrogens with one attached hydrogen (secondary N) is 1. The Bertz CT molecular complexity index is 413. The zero-order valence-electron chi connectivity index (χ0n) is 9.69. The number of aromatic nitrogens is 1. The minimum Gasteiger partial charge on any atom is -0.381 e. The van der Waals surface area contributed by atoms with Crippen molar-refractivity contribution in [1.29, 1.82) is 0 Å². The monoisotopic (exact) mass is 300 g/mol. The van der Waals surface area contributed by atoms with Gasteiger partial charge in [0.1, 0.15) is 0 Å². The van der Waals surface area contributed by atoms with Gasteiger partial charge in [0.05, 0.1) is 11.1 Å². The Morgan fingerprint density at radius 3 is 3.24 bits per heavy atom. The fraction of sp³-hybridized carbons (Fsp3) is 0.583. The van der Waals surface area contributed by atoms with Crippen molar-refractivity contribution in [2.75, 3.05) is 26.3 Å². The van der Waals surface area contributed by atoms with E-state index in [1.165, 1.54) is 0 Å². The van der Waals surface area contributed by atoms with Crippen molar-refractivity contribution in [3.05, 3.63) is 33.2 Å². The second kappa shape index (κ2) is 6.33. The Morgan fingerprint density at radius 2 is 2.47 bits per heavy atom. The van der Waals surface area contributed by atoms with Crippen LogP contribution in [0, 0.1) is 5.92 Å². The van der Waals surface area contributed by atoms with Gasteiger partial charge in [-0.05, 0) is 40.4 Å². The number of ether oxygens (including phenoxy) is 1. The molecule has 1 aromatic heterocycles. The van der Waals surface area contributed by atoms with Gasteiger partial charge in [-0.2, -0.15) is 0 Å². The molecule has 1 atom stereocenters. The van der Waals surface area contributed by atoms with Crippen molar-refractivity contribution in [1.82, 2.24) is 9.88 Å². The molecule has 0 amide bonds. The number of halogens is 1. The summed E-state index contributed by atoms with van der Waals surface area (Å²) in [7, 11) is 0. The maximum Gasteiger partial charge on any atom is 0.264 e. The van der Waals surface area contributed by atoms with E-state index in [1.54, 1.807) is 10.6 Å². The molecule has 0 saturated carbocycles. The van der Waals surface area contributed by atoms with E-state index in [2.05, 4.69) is 21.2 Å². The minimum absolute atomic E-state index is 0.0264. The lowest BCUT2D eigenvalue weighted by atomic mass is 10.1. The Balaban J connectivity index is 1.74. The topological polar surface area (TPSA) is 43.3 Å². The quantitative estimate of drug-likeness (QED) is 0.832. The number of hydrogen-bond donors (Lipinski definition) is 1. The van der Waals surface area contributed by atoms with Crippen LogP contribution in [0.1, 0.15) is 6.42 Å². The molecule has 17 heavy (non-hydrogen) atoms. The first-order valence-electron chi connectivity index (χ1n) is 5.91. The molecular formula is C12H17BrN2O2. The predicted molar refractivity (Wildman–Crippen MR) is 70.2 cm³/mol. The lowest BCUT2D eigenvalue weighted by Crippen LogP contribution is -2.30. The van der Waals surface area contributed by atoms with Crippen LogP contribution in [0.25, 0.3) is 0 Å². The van der Waals surface area contributed by atoms with E-state index >= 15 is 0 Å². The Hall–Kier alpha value is -0.650. The van der Waals surface area contributed by atoms with Gasteiger partial charge < -0.3 is 14.6 Å². The van der Waals surface area contributed by atoms with Gasteiger partial charge in [0.25, 0.3) is 5.56 Å². The van der Waals surface area contributed by atoms with Crippen molar-refractivity contribution in [2.45, 2.75) is 13.0 Å². The fourth-order valence-corrected chi connectivity index (χ4v) is 2.31. The Morgan fingerprint density at radius 1 is 1.59 bits per heavy atom. The second-order valence-electron chi connectivity index (χ2n) is 4.29. The van der Waals surface area contributed by atoms with Crippen LogP contribution >= 0.6 is 15.9 Å². The van der Waals surface area contributed by atoms with E-state index in [0.717, 1.165) is 32.7 Å². The highest BCUT2D eigenvalue weighted by Crippen LogP contribution is 2.10. The molecule has 0 spiro atoms. The van der Waals surface area contributed by atoms with Crippen molar-refractivity contribution in [2.24, 2.45) is 5.92 Å². The lowest BCUT2D eigenvalue weighted by Gasteiger charge is -2.10. The van der Waals surface area contributed by atoms with E-state index < -0.39 is 0 Å². The van der Waals surface area contributed by atoms with Gasteiger partial charge in [0, 0.05) is 32.4 Å². The highest BCUT2D eigenvalue weighted by atomic mass is 79.9. The molecule has 2 heterocycles. The first-order chi connectivity index (χ1) is 8.27. The maximum atomic E-state index is 11.7. The molecule has 5 heteroatoms. The van der Waals surface area contributed by atoms with Crippen LogP contribution < -0.4 is 10.9 Å². The van der Waals surface area contributed by atoms with Crippen LogP contribution in [0.2, 0.25) is 0 Å². The largest absolute Gasteiger partial charge is 0.381 e. The average molecular weight is 301 g/mol. The number of rotatable bonds is 5. The molecule has 4 nitrogen and oxygen atoms in total. The van der Waals surface area contributed by atoms with Crippen LogP contribution in [-0.4, -0.2) is 30.9 Å². The summed E-state index contributed by atoms with van der Waals surface area (Å²) in [6.07, 6.45) is 2.96. The normalized spacial score (nSPS) is 19.7. The molecule has 0 aliphatic carbocycles. The van der Waals surface area contributed by atoms with E-state index in [-0.39, 0.29) is 5.56 Å². The summed E-state index contributed by atoms with van der Waals surface area (Å²) in [6.45, 7) is 4.24. The van der Waals surface area contributed by atoms with E-state index in [4.69, 9.17) is 4.74 Å². The highest BCUT2D eigenvalue weighted by Gasteiger charge is 2.14. The molecule has 0 bridgehead atoms. The fourth-order valence-electron chi connectivity index (χ4n) is 1.93. The summed E-state index contributed by atoms with van der Waals surface area (Å²) in [5, 5.41) is 3.37. The predicted octanol–water partition coefficient (Wildman–Crippen LogP) is 1.24. The standard InChI is InChI=1S/C12H17BrN2O2/c13-11-2-1-5-15(12(11)16)6-4-14-8-10-3-7-17-9-10/h1-2,5,10,14H,3-4,6-9H2. The van der Waals surface area contributed by atoms with Crippen LogP contribution in [-0.2, 0) is 11.3 Å². The molecule has 0 aromatic carbocycles. The van der Waals surface area contributed by atoms with Gasteiger partial charge in [0.15, 0.2) is 0 Å². The van der Waals surface area contributed by atoms with Crippen molar-refractivity contribution in [3.63, 3.8) is 0 Å². The molecule has 1 fully saturated rings. The van der Waals surface area contributed by atoms with Gasteiger partial charge in [-0.1, -0.05) is 0 Å². The minimum atomic E-state index is 0.0264. The summed E-state index contributed by atoms with van der Waals surface area (Å²) >= 11 is 3.24. The molecule has 94 valence electrons. The van der Waals surface area contributed by atoms with Gasteiger partial charge in [-0.3, -0.25) is 4.79 Å². The molecule has 1 aliphatic rings. The molecule has 2 rings (SSSR count). The van der Waals surface area contributed by atoms with Crippen LogP contribution in [0.15, 0.2) is 27.6 Å². The molecular weight excluding hydrogens is 284 g/mol. The van der Waals surface area contributed by atoms with Crippen LogP contribution in [0.3, 0.4) is 0 Å². The van der Waals surface area contributed by atoms with Gasteiger partial charge in [0.2, 0.25) is 0 Å². The van der Waals surface area contributed by atoms with E-state index in [1.807, 2.05) is 12.3 Å². The first-order valence-corrected chi connectivity index (χ1v) is 6.70. The highest BCUT2D eigenvalue weighted by molar-refractivity contribution is 9.10. The third-order valence-corrected chi connectivity index (χ3v) is 3.56. The summed E-state index contributed by atoms with van der Waals surface area (Å²) in [4.78, 5) is 11.7. The van der Waals surface area contributed by atoms with Crippen molar-refractivity contribution in [3.8, 4) is 0 Å². The number of pyridine rings is 1. The van der Waals surface area contributed by atoms with Gasteiger partial charge in [-0.25, -0.2) is 0 Å². The Labute approximate surface area is 109 Å². The SMILES string of the molecule is O=c1c(Br)cccn1CCNCC1CCOC1. The summed E-state index contributed by atoms with van der Waals surface area (Å²) in [6, 6.07) is 3.64. The summed E-state index contributed by atoms with van der Waals surface area (Å²) in [5.74, 6) is 0.634. The zero-order valence-corrected chi connectivity index (χ0v) is 11.3. The van der Waals surface area contributed by atoms with Gasteiger partial charge in [-0.15, -0.1) is 0 Å². The molecule has 1 aliphatic heterocycles. The molecule has 1 unspecified atom stereocenters. The smallest absolute Gasteiger partial charge is 0.264 e. The summed E-state index contributed by atoms with van der Waals surface area (Å²) in [5.41, 5.74) is 0.0264. The first kappa shape index (κ1) is 12.8. The summed E-state index contributed by atoms with van der Waals surface area (Å²) < 4.78 is 7.63. The molecule has 1 aromatic rings.